The maximum absolute atomic E-state index is 12.0. The first kappa shape index (κ1) is 15.6. The summed E-state index contributed by atoms with van der Waals surface area (Å²) in [5.41, 5.74) is 0.0509. The van der Waals surface area contributed by atoms with Crippen LogP contribution in [0.15, 0.2) is 39.5 Å². The van der Waals surface area contributed by atoms with Crippen molar-refractivity contribution in [3.63, 3.8) is 0 Å². The van der Waals surface area contributed by atoms with Crippen LogP contribution in [-0.4, -0.2) is 18.6 Å². The number of amides is 1. The van der Waals surface area contributed by atoms with Crippen molar-refractivity contribution in [1.82, 2.24) is 5.32 Å². The van der Waals surface area contributed by atoms with E-state index < -0.39 is 5.63 Å². The second kappa shape index (κ2) is 6.86. The van der Waals surface area contributed by atoms with Crippen molar-refractivity contribution in [2.75, 3.05) is 6.61 Å². The van der Waals surface area contributed by atoms with Gasteiger partial charge >= 0.3 is 5.63 Å². The Bertz CT molecular complexity index is 752. The maximum Gasteiger partial charge on any atom is 0.336 e. The summed E-state index contributed by atoms with van der Waals surface area (Å²) in [7, 11) is 0. The van der Waals surface area contributed by atoms with Gasteiger partial charge in [-0.2, -0.15) is 0 Å². The van der Waals surface area contributed by atoms with Crippen LogP contribution in [0.3, 0.4) is 0 Å². The number of carbonyl (C=O) groups is 1. The summed E-state index contributed by atoms with van der Waals surface area (Å²) in [4.78, 5) is 23.3. The first-order valence-electron chi connectivity index (χ1n) is 8.08. The van der Waals surface area contributed by atoms with E-state index >= 15 is 0 Å². The number of ether oxygens (including phenoxy) is 1. The number of rotatable bonds is 4. The van der Waals surface area contributed by atoms with E-state index in [-0.39, 0.29) is 18.6 Å². The Hall–Kier alpha value is -2.30. The fourth-order valence-electron chi connectivity index (χ4n) is 3.06. The molecule has 5 nitrogen and oxygen atoms in total. The van der Waals surface area contributed by atoms with Crippen LogP contribution in [0, 0.1) is 5.92 Å². The Morgan fingerprint density at radius 3 is 2.87 bits per heavy atom. The molecule has 1 saturated carbocycles. The number of hydrogen-bond donors (Lipinski definition) is 1. The van der Waals surface area contributed by atoms with Crippen LogP contribution in [0.5, 0.6) is 5.75 Å². The van der Waals surface area contributed by atoms with Gasteiger partial charge < -0.3 is 14.5 Å². The van der Waals surface area contributed by atoms with Crippen molar-refractivity contribution in [2.24, 2.45) is 5.92 Å². The van der Waals surface area contributed by atoms with Gasteiger partial charge in [-0.1, -0.05) is 19.8 Å². The third kappa shape index (κ3) is 3.92. The largest absolute Gasteiger partial charge is 0.484 e. The van der Waals surface area contributed by atoms with Crippen LogP contribution in [-0.2, 0) is 4.79 Å². The lowest BCUT2D eigenvalue weighted by Gasteiger charge is -2.29. The van der Waals surface area contributed by atoms with Gasteiger partial charge in [0.15, 0.2) is 6.61 Å². The van der Waals surface area contributed by atoms with Gasteiger partial charge in [0.2, 0.25) is 0 Å². The minimum absolute atomic E-state index is 0.0359. The first-order valence-corrected chi connectivity index (χ1v) is 8.08. The van der Waals surface area contributed by atoms with Gasteiger partial charge in [0.25, 0.3) is 5.91 Å². The molecule has 1 aliphatic rings. The summed E-state index contributed by atoms with van der Waals surface area (Å²) >= 11 is 0. The molecule has 23 heavy (non-hydrogen) atoms. The lowest BCUT2D eigenvalue weighted by molar-refractivity contribution is -0.124. The lowest BCUT2D eigenvalue weighted by atomic mass is 9.86. The van der Waals surface area contributed by atoms with E-state index in [0.717, 1.165) is 18.2 Å². The van der Waals surface area contributed by atoms with Crippen molar-refractivity contribution in [2.45, 2.75) is 38.6 Å². The zero-order chi connectivity index (χ0) is 16.2. The molecule has 2 atom stereocenters. The molecule has 5 heteroatoms. The first-order chi connectivity index (χ1) is 11.1. The maximum atomic E-state index is 12.0. The van der Waals surface area contributed by atoms with Crippen LogP contribution < -0.4 is 15.7 Å². The summed E-state index contributed by atoms with van der Waals surface area (Å²) in [6.45, 7) is 2.14. The van der Waals surface area contributed by atoms with Crippen molar-refractivity contribution < 1.29 is 13.9 Å². The van der Waals surface area contributed by atoms with E-state index in [1.54, 1.807) is 24.3 Å². The molecule has 0 aliphatic heterocycles. The monoisotopic (exact) mass is 315 g/mol. The zero-order valence-electron chi connectivity index (χ0n) is 13.2. The summed E-state index contributed by atoms with van der Waals surface area (Å²) < 4.78 is 10.6. The standard InChI is InChI=1S/C18H21NO4/c1-12-4-2-3-5-15(12)19-17(20)11-22-14-8-6-13-7-9-18(21)23-16(13)10-14/h6-10,12,15H,2-5,11H2,1H3,(H,19,20)/t12-,15-/m0/s1. The highest BCUT2D eigenvalue weighted by molar-refractivity contribution is 5.79. The van der Waals surface area contributed by atoms with Crippen LogP contribution in [0.1, 0.15) is 32.6 Å². The molecule has 1 N–H and O–H groups in total. The van der Waals surface area contributed by atoms with E-state index in [1.165, 1.54) is 18.9 Å². The minimum atomic E-state index is -0.404. The fraction of sp³-hybridized carbons (Fsp3) is 0.444. The summed E-state index contributed by atoms with van der Waals surface area (Å²) in [6, 6.07) is 8.51. The smallest absolute Gasteiger partial charge is 0.336 e. The molecular formula is C18H21NO4. The van der Waals surface area contributed by atoms with E-state index in [2.05, 4.69) is 12.2 Å². The Balaban J connectivity index is 1.59. The highest BCUT2D eigenvalue weighted by atomic mass is 16.5. The molecule has 1 amide bonds. The Labute approximate surface area is 134 Å². The van der Waals surface area contributed by atoms with Gasteiger partial charge in [0, 0.05) is 23.6 Å². The normalized spacial score (nSPS) is 21.1. The number of hydrogen-bond acceptors (Lipinski definition) is 4. The molecule has 0 unspecified atom stereocenters. The van der Waals surface area contributed by atoms with E-state index in [9.17, 15) is 9.59 Å². The quantitative estimate of drug-likeness (QED) is 0.881. The Kier molecular flexibility index (Phi) is 4.65. The van der Waals surface area contributed by atoms with Gasteiger partial charge in [-0.25, -0.2) is 4.79 Å². The molecule has 2 aromatic rings. The predicted octanol–water partition coefficient (Wildman–Crippen LogP) is 2.87. The predicted molar refractivity (Wildman–Crippen MR) is 87.5 cm³/mol. The lowest BCUT2D eigenvalue weighted by Crippen LogP contribution is -2.43. The highest BCUT2D eigenvalue weighted by Crippen LogP contribution is 2.24. The average molecular weight is 315 g/mol. The Morgan fingerprint density at radius 2 is 2.04 bits per heavy atom. The van der Waals surface area contributed by atoms with Gasteiger partial charge in [0.1, 0.15) is 11.3 Å². The molecule has 1 aliphatic carbocycles. The van der Waals surface area contributed by atoms with E-state index in [0.29, 0.717) is 17.3 Å². The molecule has 0 bridgehead atoms. The third-order valence-electron chi connectivity index (χ3n) is 4.42. The van der Waals surface area contributed by atoms with Crippen molar-refractivity contribution in [3.05, 3.63) is 40.8 Å². The fourth-order valence-corrected chi connectivity index (χ4v) is 3.06. The minimum Gasteiger partial charge on any atom is -0.484 e. The second-order valence-electron chi connectivity index (χ2n) is 6.18. The van der Waals surface area contributed by atoms with Gasteiger partial charge in [-0.05, 0) is 37.0 Å². The van der Waals surface area contributed by atoms with Gasteiger partial charge in [-0.3, -0.25) is 4.79 Å². The highest BCUT2D eigenvalue weighted by Gasteiger charge is 2.22. The number of fused-ring (bicyclic) bond motifs is 1. The SMILES string of the molecule is C[C@H]1CCCC[C@@H]1NC(=O)COc1ccc2ccc(=O)oc2c1. The molecule has 3 rings (SSSR count). The van der Waals surface area contributed by atoms with Crippen molar-refractivity contribution >= 4 is 16.9 Å². The summed E-state index contributed by atoms with van der Waals surface area (Å²) in [5.74, 6) is 0.916. The molecule has 0 radical (unpaired) electrons. The van der Waals surface area contributed by atoms with Crippen LogP contribution in [0.4, 0.5) is 0 Å². The van der Waals surface area contributed by atoms with Crippen LogP contribution in [0.2, 0.25) is 0 Å². The average Bonchev–Trinajstić information content (AvgIpc) is 2.54. The number of carbonyl (C=O) groups excluding carboxylic acids is 1. The number of nitrogens with one attached hydrogen (secondary N) is 1. The van der Waals surface area contributed by atoms with Crippen molar-refractivity contribution in [3.8, 4) is 5.75 Å². The number of benzene rings is 1. The molecule has 122 valence electrons. The van der Waals surface area contributed by atoms with Gasteiger partial charge in [0.05, 0.1) is 0 Å². The molecule has 0 spiro atoms. The summed E-state index contributed by atoms with van der Waals surface area (Å²) in [6.07, 6.45) is 4.61. The molecule has 1 fully saturated rings. The second-order valence-corrected chi connectivity index (χ2v) is 6.18. The van der Waals surface area contributed by atoms with Crippen LogP contribution in [0.25, 0.3) is 11.0 Å². The van der Waals surface area contributed by atoms with E-state index in [4.69, 9.17) is 9.15 Å². The Morgan fingerprint density at radius 1 is 1.26 bits per heavy atom. The van der Waals surface area contributed by atoms with Crippen LogP contribution >= 0.6 is 0 Å². The molecule has 1 heterocycles. The molecule has 1 aromatic carbocycles. The zero-order valence-corrected chi connectivity index (χ0v) is 13.2. The summed E-state index contributed by atoms with van der Waals surface area (Å²) in [5, 5.41) is 3.86. The molecule has 0 saturated heterocycles. The topological polar surface area (TPSA) is 68.5 Å². The van der Waals surface area contributed by atoms with E-state index in [1.807, 2.05) is 0 Å². The van der Waals surface area contributed by atoms with Crippen molar-refractivity contribution in [1.29, 1.82) is 0 Å². The third-order valence-corrected chi connectivity index (χ3v) is 4.42. The molecule has 1 aromatic heterocycles. The molecular weight excluding hydrogens is 294 g/mol. The van der Waals surface area contributed by atoms with Gasteiger partial charge in [-0.15, -0.1) is 0 Å².